The van der Waals surface area contributed by atoms with Crippen LogP contribution in [0.15, 0.2) is 92.2 Å². The van der Waals surface area contributed by atoms with Gasteiger partial charge in [0.1, 0.15) is 11.2 Å². The van der Waals surface area contributed by atoms with Crippen LogP contribution in [0.1, 0.15) is 10.4 Å². The number of hydrogen-bond acceptors (Lipinski definition) is 7. The normalized spacial score (nSPS) is 10.9. The van der Waals surface area contributed by atoms with Crippen molar-refractivity contribution in [1.82, 2.24) is 15.2 Å². The molecule has 5 aromatic rings. The number of nitrogens with zero attached hydrogens (tertiary/aromatic N) is 3. The van der Waals surface area contributed by atoms with Gasteiger partial charge in [-0.3, -0.25) is 4.79 Å². The third kappa shape index (κ3) is 3.70. The Morgan fingerprint density at radius 2 is 1.90 bits per heavy atom. The molecule has 146 valence electrons. The SMILES string of the molecule is O=C(Nc1ccccc1Sc1nncs1)c1cc(-c2ccco2)nc2ccccc12. The van der Waals surface area contributed by atoms with Crippen molar-refractivity contribution in [2.45, 2.75) is 9.24 Å². The van der Waals surface area contributed by atoms with E-state index < -0.39 is 0 Å². The molecule has 3 aromatic heterocycles. The number of hydrogen-bond donors (Lipinski definition) is 1. The van der Waals surface area contributed by atoms with Gasteiger partial charge < -0.3 is 9.73 Å². The molecule has 0 unspecified atom stereocenters. The molecule has 5 rings (SSSR count). The van der Waals surface area contributed by atoms with Gasteiger partial charge >= 0.3 is 0 Å². The Hall–Kier alpha value is -3.49. The summed E-state index contributed by atoms with van der Waals surface area (Å²) in [5.74, 6) is 0.397. The summed E-state index contributed by atoms with van der Waals surface area (Å²) in [5.41, 5.74) is 4.27. The predicted octanol–water partition coefficient (Wildman–Crippen LogP) is 5.75. The van der Waals surface area contributed by atoms with Crippen molar-refractivity contribution in [1.29, 1.82) is 0 Å². The van der Waals surface area contributed by atoms with Gasteiger partial charge in [0, 0.05) is 10.3 Å². The molecule has 0 saturated heterocycles. The molecule has 0 radical (unpaired) electrons. The number of anilines is 1. The minimum absolute atomic E-state index is 0.216. The number of pyridine rings is 1. The van der Waals surface area contributed by atoms with Gasteiger partial charge in [-0.2, -0.15) is 0 Å². The Balaban J connectivity index is 1.53. The molecule has 8 heteroatoms. The molecular formula is C22H14N4O2S2. The molecule has 0 atom stereocenters. The third-order valence-electron chi connectivity index (χ3n) is 4.41. The predicted molar refractivity (Wildman–Crippen MR) is 118 cm³/mol. The fourth-order valence-electron chi connectivity index (χ4n) is 3.06. The van der Waals surface area contributed by atoms with Crippen molar-refractivity contribution in [2.75, 3.05) is 5.32 Å². The molecule has 0 spiro atoms. The van der Waals surface area contributed by atoms with Crippen LogP contribution < -0.4 is 5.32 Å². The number of rotatable bonds is 5. The highest BCUT2D eigenvalue weighted by Crippen LogP contribution is 2.34. The summed E-state index contributed by atoms with van der Waals surface area (Å²) in [6.07, 6.45) is 1.59. The highest BCUT2D eigenvalue weighted by Gasteiger charge is 2.17. The van der Waals surface area contributed by atoms with Crippen molar-refractivity contribution < 1.29 is 9.21 Å². The van der Waals surface area contributed by atoms with Crippen LogP contribution >= 0.6 is 23.1 Å². The summed E-state index contributed by atoms with van der Waals surface area (Å²) < 4.78 is 6.30. The van der Waals surface area contributed by atoms with E-state index in [1.54, 1.807) is 23.9 Å². The summed E-state index contributed by atoms with van der Waals surface area (Å²) in [5, 5.41) is 11.8. The van der Waals surface area contributed by atoms with Gasteiger partial charge in [-0.25, -0.2) is 4.98 Å². The number of furan rings is 1. The molecule has 30 heavy (non-hydrogen) atoms. The first kappa shape index (κ1) is 18.5. The summed E-state index contributed by atoms with van der Waals surface area (Å²) in [6, 6.07) is 20.6. The average Bonchev–Trinajstić information content (AvgIpc) is 3.49. The quantitative estimate of drug-likeness (QED) is 0.382. The number of carbonyl (C=O) groups excluding carboxylic acids is 1. The molecule has 0 saturated carbocycles. The van der Waals surface area contributed by atoms with Crippen molar-refractivity contribution in [3.05, 3.63) is 84.1 Å². The lowest BCUT2D eigenvalue weighted by atomic mass is 10.1. The van der Waals surface area contributed by atoms with Crippen LogP contribution in [0.25, 0.3) is 22.4 Å². The Morgan fingerprint density at radius 1 is 1.03 bits per heavy atom. The smallest absolute Gasteiger partial charge is 0.256 e. The van der Waals surface area contributed by atoms with E-state index in [0.29, 0.717) is 22.7 Å². The van der Waals surface area contributed by atoms with Gasteiger partial charge in [0.25, 0.3) is 5.91 Å². The second-order valence-corrected chi connectivity index (χ2v) is 8.43. The van der Waals surface area contributed by atoms with Gasteiger partial charge in [-0.15, -0.1) is 10.2 Å². The summed E-state index contributed by atoms with van der Waals surface area (Å²) in [6.45, 7) is 0. The van der Waals surface area contributed by atoms with Crippen LogP contribution in [0.2, 0.25) is 0 Å². The van der Waals surface area contributed by atoms with E-state index in [4.69, 9.17) is 4.42 Å². The van der Waals surface area contributed by atoms with Crippen molar-refractivity contribution >= 4 is 45.6 Å². The van der Waals surface area contributed by atoms with Gasteiger partial charge in [0.2, 0.25) is 0 Å². The fraction of sp³-hybridized carbons (Fsp3) is 0. The number of fused-ring (bicyclic) bond motifs is 1. The summed E-state index contributed by atoms with van der Waals surface area (Å²) in [7, 11) is 0. The molecule has 6 nitrogen and oxygen atoms in total. The zero-order valence-corrected chi connectivity index (χ0v) is 17.1. The summed E-state index contributed by atoms with van der Waals surface area (Å²) in [4.78, 5) is 18.8. The number of amides is 1. The third-order valence-corrected chi connectivity index (χ3v) is 6.26. The second kappa shape index (κ2) is 8.10. The topological polar surface area (TPSA) is 80.9 Å². The molecular weight excluding hydrogens is 416 g/mol. The minimum Gasteiger partial charge on any atom is -0.463 e. The van der Waals surface area contributed by atoms with Crippen LogP contribution in [0.4, 0.5) is 5.69 Å². The van der Waals surface area contributed by atoms with E-state index in [-0.39, 0.29) is 5.91 Å². The lowest BCUT2D eigenvalue weighted by Crippen LogP contribution is -2.13. The Kier molecular flexibility index (Phi) is 5.00. The molecule has 1 amide bonds. The van der Waals surface area contributed by atoms with E-state index >= 15 is 0 Å². The zero-order valence-electron chi connectivity index (χ0n) is 15.5. The first-order valence-electron chi connectivity index (χ1n) is 9.06. The van der Waals surface area contributed by atoms with Crippen LogP contribution in [-0.4, -0.2) is 21.1 Å². The first-order valence-corrected chi connectivity index (χ1v) is 10.8. The molecule has 2 aromatic carbocycles. The largest absolute Gasteiger partial charge is 0.463 e. The number of para-hydroxylation sites is 2. The average molecular weight is 431 g/mol. The summed E-state index contributed by atoms with van der Waals surface area (Å²) >= 11 is 2.92. The van der Waals surface area contributed by atoms with Crippen molar-refractivity contribution in [3.63, 3.8) is 0 Å². The highest BCUT2D eigenvalue weighted by atomic mass is 32.2. The van der Waals surface area contributed by atoms with Gasteiger partial charge in [-0.1, -0.05) is 53.4 Å². The molecule has 0 aliphatic rings. The van der Waals surface area contributed by atoms with Crippen molar-refractivity contribution in [2.24, 2.45) is 0 Å². The van der Waals surface area contributed by atoms with E-state index in [2.05, 4.69) is 20.5 Å². The Bertz CT molecular complexity index is 1320. The molecule has 0 bridgehead atoms. The van der Waals surface area contributed by atoms with Gasteiger partial charge in [0.15, 0.2) is 10.1 Å². The maximum atomic E-state index is 13.3. The van der Waals surface area contributed by atoms with E-state index in [1.807, 2.05) is 54.6 Å². The maximum Gasteiger partial charge on any atom is 0.256 e. The maximum absolute atomic E-state index is 13.3. The van der Waals surface area contributed by atoms with Gasteiger partial charge in [0.05, 0.1) is 23.0 Å². The first-order chi connectivity index (χ1) is 14.8. The van der Waals surface area contributed by atoms with Gasteiger partial charge in [-0.05, 0) is 36.4 Å². The lowest BCUT2D eigenvalue weighted by molar-refractivity contribution is 0.102. The number of aromatic nitrogens is 3. The van der Waals surface area contributed by atoms with Crippen molar-refractivity contribution in [3.8, 4) is 11.5 Å². The molecule has 3 heterocycles. The highest BCUT2D eigenvalue weighted by molar-refractivity contribution is 8.01. The lowest BCUT2D eigenvalue weighted by Gasteiger charge is -2.12. The molecule has 0 fully saturated rings. The standard InChI is InChI=1S/C22H14N4O2S2/c27-21(25-17-8-3-4-10-20(17)30-22-26-23-13-29-22)15-12-18(19-9-5-11-28-19)24-16-7-2-1-6-14(15)16/h1-13H,(H,25,27). The van der Waals surface area contributed by atoms with E-state index in [1.165, 1.54) is 23.1 Å². The number of carbonyl (C=O) groups is 1. The molecule has 0 aliphatic carbocycles. The number of nitrogens with one attached hydrogen (secondary N) is 1. The zero-order chi connectivity index (χ0) is 20.3. The van der Waals surface area contributed by atoms with E-state index in [9.17, 15) is 4.79 Å². The Labute approximate surface area is 180 Å². The monoisotopic (exact) mass is 430 g/mol. The molecule has 0 aliphatic heterocycles. The second-order valence-electron chi connectivity index (χ2n) is 6.31. The van der Waals surface area contributed by atoms with Crippen LogP contribution in [0.5, 0.6) is 0 Å². The number of benzene rings is 2. The fourth-order valence-corrected chi connectivity index (χ4v) is 4.59. The Morgan fingerprint density at radius 3 is 2.73 bits per heavy atom. The minimum atomic E-state index is -0.216. The molecule has 1 N–H and O–H groups in total. The van der Waals surface area contributed by atoms with E-state index in [0.717, 1.165) is 20.1 Å². The van der Waals surface area contributed by atoms with Crippen LogP contribution in [0.3, 0.4) is 0 Å². The van der Waals surface area contributed by atoms with Crippen LogP contribution in [-0.2, 0) is 0 Å². The van der Waals surface area contributed by atoms with Crippen LogP contribution in [0, 0.1) is 0 Å².